The first-order valence-corrected chi connectivity index (χ1v) is 10.3. The predicted octanol–water partition coefficient (Wildman–Crippen LogP) is 5.61. The maximum absolute atomic E-state index is 14.0. The lowest BCUT2D eigenvalue weighted by atomic mass is 9.90. The third kappa shape index (κ3) is 3.59. The standard InChI is InChI=1S/C19H18BrClFNO2S/c1-18(2,3)26(24)23-11-19(12-7-5-4-6-8-12)10-13-15(25-19)9-14(22)17(21)16(13)20/h4-9,11H,10H2,1-3H3/t19-,26-/m1/s1. The summed E-state index contributed by atoms with van der Waals surface area (Å²) in [4.78, 5) is 0. The molecule has 2 aromatic carbocycles. The van der Waals surface area contributed by atoms with Crippen molar-refractivity contribution in [2.24, 2.45) is 4.40 Å². The third-order valence-corrected chi connectivity index (χ3v) is 6.91. The first-order chi connectivity index (χ1) is 12.1. The molecular formula is C19H18BrClFNO2S. The molecule has 0 spiro atoms. The molecule has 2 atom stereocenters. The second-order valence-corrected chi connectivity index (χ2v) is 10.2. The van der Waals surface area contributed by atoms with Crippen LogP contribution in [0.1, 0.15) is 31.9 Å². The molecule has 1 heterocycles. The van der Waals surface area contributed by atoms with Crippen molar-refractivity contribution in [3.8, 4) is 5.75 Å². The van der Waals surface area contributed by atoms with Crippen molar-refractivity contribution >= 4 is 44.7 Å². The van der Waals surface area contributed by atoms with Gasteiger partial charge in [0.15, 0.2) is 5.60 Å². The fourth-order valence-electron chi connectivity index (χ4n) is 2.68. The van der Waals surface area contributed by atoms with Gasteiger partial charge in [-0.25, -0.2) is 8.60 Å². The van der Waals surface area contributed by atoms with Crippen LogP contribution in [0.15, 0.2) is 45.3 Å². The van der Waals surface area contributed by atoms with Crippen molar-refractivity contribution in [1.82, 2.24) is 0 Å². The molecule has 0 aromatic heterocycles. The zero-order valence-electron chi connectivity index (χ0n) is 14.6. The number of benzene rings is 2. The molecule has 0 radical (unpaired) electrons. The van der Waals surface area contributed by atoms with E-state index in [2.05, 4.69) is 20.3 Å². The van der Waals surface area contributed by atoms with Crippen LogP contribution in [0.25, 0.3) is 0 Å². The molecule has 1 aliphatic heterocycles. The van der Waals surface area contributed by atoms with Crippen LogP contribution < -0.4 is 4.74 Å². The van der Waals surface area contributed by atoms with Crippen LogP contribution in [0, 0.1) is 5.82 Å². The molecule has 7 heteroatoms. The predicted molar refractivity (Wildman–Crippen MR) is 108 cm³/mol. The Morgan fingerprint density at radius 1 is 1.35 bits per heavy atom. The van der Waals surface area contributed by atoms with Gasteiger partial charge in [0.25, 0.3) is 0 Å². The molecule has 0 saturated heterocycles. The number of fused-ring (bicyclic) bond motifs is 1. The van der Waals surface area contributed by atoms with Gasteiger partial charge in [-0.1, -0.05) is 41.9 Å². The zero-order chi connectivity index (χ0) is 19.1. The molecule has 0 unspecified atom stereocenters. The van der Waals surface area contributed by atoms with Gasteiger partial charge in [0.2, 0.25) is 0 Å². The van der Waals surface area contributed by atoms with E-state index in [0.29, 0.717) is 16.6 Å². The molecular weight excluding hydrogens is 441 g/mol. The minimum Gasteiger partial charge on any atom is -0.476 e. The zero-order valence-corrected chi connectivity index (χ0v) is 17.7. The molecule has 0 bridgehead atoms. The highest BCUT2D eigenvalue weighted by molar-refractivity contribution is 9.10. The molecule has 0 N–H and O–H groups in total. The lowest BCUT2D eigenvalue weighted by molar-refractivity contribution is 0.177. The number of hydrogen-bond acceptors (Lipinski definition) is 2. The molecule has 2 aromatic rings. The molecule has 0 amide bonds. The summed E-state index contributed by atoms with van der Waals surface area (Å²) in [6.07, 6.45) is 1.97. The largest absolute Gasteiger partial charge is 0.476 e. The number of ether oxygens (including phenoxy) is 1. The van der Waals surface area contributed by atoms with Crippen molar-refractivity contribution in [3.05, 3.63) is 62.8 Å². The maximum atomic E-state index is 14.0. The quantitative estimate of drug-likeness (QED) is 0.443. The topological polar surface area (TPSA) is 38.7 Å². The van der Waals surface area contributed by atoms with Crippen LogP contribution in [0.5, 0.6) is 5.75 Å². The van der Waals surface area contributed by atoms with Crippen molar-refractivity contribution in [3.63, 3.8) is 0 Å². The van der Waals surface area contributed by atoms with Crippen LogP contribution in [0.3, 0.4) is 0 Å². The van der Waals surface area contributed by atoms with Crippen molar-refractivity contribution in [2.75, 3.05) is 0 Å². The highest BCUT2D eigenvalue weighted by Gasteiger charge is 2.42. The Labute approximate surface area is 168 Å². The number of nitrogens with zero attached hydrogens (tertiary/aromatic N) is 1. The van der Waals surface area contributed by atoms with E-state index in [4.69, 9.17) is 16.3 Å². The van der Waals surface area contributed by atoms with Gasteiger partial charge in [-0.05, 0) is 36.7 Å². The first kappa shape index (κ1) is 19.5. The highest BCUT2D eigenvalue weighted by Crippen LogP contribution is 2.46. The lowest BCUT2D eigenvalue weighted by Crippen LogP contribution is -2.34. The average Bonchev–Trinajstić information content (AvgIpc) is 2.97. The van der Waals surface area contributed by atoms with E-state index < -0.39 is 27.2 Å². The Hall–Kier alpha value is -1.24. The molecule has 138 valence electrons. The van der Waals surface area contributed by atoms with E-state index >= 15 is 0 Å². The Morgan fingerprint density at radius 3 is 2.62 bits per heavy atom. The number of rotatable bonds is 3. The van der Waals surface area contributed by atoms with Crippen LogP contribution in [0.2, 0.25) is 5.02 Å². The smallest absolute Gasteiger partial charge is 0.174 e. The van der Waals surface area contributed by atoms with Crippen LogP contribution in [-0.4, -0.2) is 15.2 Å². The summed E-state index contributed by atoms with van der Waals surface area (Å²) in [5, 5.41) is 0.0198. The molecule has 0 fully saturated rings. The van der Waals surface area contributed by atoms with Crippen molar-refractivity contribution < 1.29 is 13.3 Å². The van der Waals surface area contributed by atoms with Crippen LogP contribution in [-0.2, 0) is 23.0 Å². The monoisotopic (exact) mass is 457 g/mol. The normalized spacial score (nSPS) is 20.8. The average molecular weight is 459 g/mol. The SMILES string of the molecule is CC(C)(C)[S@@](=O)N=C[C@@]1(c2ccccc2)Cc2c(cc(F)c(Cl)c2Br)O1. The summed E-state index contributed by atoms with van der Waals surface area (Å²) in [5.74, 6) is -0.160. The fourth-order valence-corrected chi connectivity index (χ4v) is 3.96. The Bertz CT molecular complexity index is 899. The highest BCUT2D eigenvalue weighted by atomic mass is 79.9. The molecule has 3 nitrogen and oxygen atoms in total. The molecule has 26 heavy (non-hydrogen) atoms. The van der Waals surface area contributed by atoms with E-state index in [1.807, 2.05) is 51.1 Å². The minimum atomic E-state index is -1.43. The van der Waals surface area contributed by atoms with Crippen LogP contribution in [0.4, 0.5) is 4.39 Å². The summed E-state index contributed by atoms with van der Waals surface area (Å²) in [6, 6.07) is 10.8. The van der Waals surface area contributed by atoms with Gasteiger partial charge in [0.1, 0.15) is 22.6 Å². The van der Waals surface area contributed by atoms with E-state index in [1.54, 1.807) is 6.21 Å². The van der Waals surface area contributed by atoms with Crippen LogP contribution >= 0.6 is 27.5 Å². The van der Waals surface area contributed by atoms with E-state index in [-0.39, 0.29) is 5.02 Å². The fraction of sp³-hybridized carbons (Fsp3) is 0.316. The van der Waals surface area contributed by atoms with Gasteiger partial charge >= 0.3 is 0 Å². The maximum Gasteiger partial charge on any atom is 0.174 e. The van der Waals surface area contributed by atoms with Crippen molar-refractivity contribution in [1.29, 1.82) is 0 Å². The number of hydrogen-bond donors (Lipinski definition) is 0. The van der Waals surface area contributed by atoms with Crippen molar-refractivity contribution in [2.45, 2.75) is 37.5 Å². The summed E-state index contributed by atoms with van der Waals surface area (Å²) in [5.41, 5.74) is 0.631. The lowest BCUT2D eigenvalue weighted by Gasteiger charge is -2.25. The van der Waals surface area contributed by atoms with E-state index in [1.165, 1.54) is 6.07 Å². The summed E-state index contributed by atoms with van der Waals surface area (Å²) in [6.45, 7) is 5.56. The van der Waals surface area contributed by atoms with Gasteiger partial charge < -0.3 is 4.74 Å². The van der Waals surface area contributed by atoms with E-state index in [9.17, 15) is 8.60 Å². The summed E-state index contributed by atoms with van der Waals surface area (Å²) >= 11 is 9.39. The van der Waals surface area contributed by atoms with Gasteiger partial charge in [-0.3, -0.25) is 0 Å². The Balaban J connectivity index is 2.09. The molecule has 0 saturated carbocycles. The summed E-state index contributed by atoms with van der Waals surface area (Å²) in [7, 11) is -1.43. The molecule has 3 rings (SSSR count). The molecule has 0 aliphatic carbocycles. The number of halogens is 3. The third-order valence-electron chi connectivity index (χ3n) is 4.10. The molecule has 1 aliphatic rings. The van der Waals surface area contributed by atoms with E-state index in [0.717, 1.165) is 11.1 Å². The second-order valence-electron chi connectivity index (χ2n) is 7.09. The first-order valence-electron chi connectivity index (χ1n) is 8.02. The van der Waals surface area contributed by atoms with Gasteiger partial charge in [-0.2, -0.15) is 4.40 Å². The Morgan fingerprint density at radius 2 is 2.00 bits per heavy atom. The summed E-state index contributed by atoms with van der Waals surface area (Å²) < 4.78 is 36.8. The Kier molecular flexibility index (Phi) is 5.30. The van der Waals surface area contributed by atoms with Gasteiger partial charge in [0, 0.05) is 28.1 Å². The minimum absolute atomic E-state index is 0.0198. The second kappa shape index (κ2) is 7.06. The van der Waals surface area contributed by atoms with Gasteiger partial charge in [0.05, 0.1) is 16.0 Å². The van der Waals surface area contributed by atoms with Gasteiger partial charge in [-0.15, -0.1) is 0 Å².